The third-order valence-corrected chi connectivity index (χ3v) is 2.53. The number of rotatable bonds is 5. The average molecular weight is 231 g/mol. The van der Waals surface area contributed by atoms with Gasteiger partial charge < -0.3 is 4.74 Å². The fraction of sp³-hybridized carbons (Fsp3) is 0.429. The molecule has 0 N–H and O–H groups in total. The molecule has 0 aliphatic carbocycles. The minimum absolute atomic E-state index is 0.125. The van der Waals surface area contributed by atoms with Gasteiger partial charge in [0.1, 0.15) is 11.7 Å². The zero-order valence-electron chi connectivity index (χ0n) is 10.4. The molecule has 0 fully saturated rings. The van der Waals surface area contributed by atoms with Crippen LogP contribution in [-0.2, 0) is 0 Å². The van der Waals surface area contributed by atoms with E-state index in [1.165, 1.54) is 0 Å². The van der Waals surface area contributed by atoms with Gasteiger partial charge >= 0.3 is 0 Å². The second-order valence-electron chi connectivity index (χ2n) is 4.41. The Morgan fingerprint density at radius 2 is 2.18 bits per heavy atom. The Bertz CT molecular complexity index is 432. The number of nitriles is 1. The van der Waals surface area contributed by atoms with Gasteiger partial charge in [0.15, 0.2) is 5.78 Å². The fourth-order valence-electron chi connectivity index (χ4n) is 1.67. The van der Waals surface area contributed by atoms with Crippen LogP contribution in [0.1, 0.15) is 30.6 Å². The van der Waals surface area contributed by atoms with Gasteiger partial charge in [0.05, 0.1) is 13.2 Å². The Balaban J connectivity index is 2.90. The zero-order chi connectivity index (χ0) is 12.8. The zero-order valence-corrected chi connectivity index (χ0v) is 10.4. The van der Waals surface area contributed by atoms with Crippen molar-refractivity contribution in [2.24, 2.45) is 11.8 Å². The lowest BCUT2D eigenvalue weighted by molar-refractivity contribution is 0.0936. The van der Waals surface area contributed by atoms with Crippen molar-refractivity contribution in [1.29, 1.82) is 5.26 Å². The maximum Gasteiger partial charge on any atom is 0.180 e. The van der Waals surface area contributed by atoms with Gasteiger partial charge in [0.2, 0.25) is 0 Å². The number of benzene rings is 1. The van der Waals surface area contributed by atoms with Crippen LogP contribution in [0.3, 0.4) is 0 Å². The Morgan fingerprint density at radius 3 is 2.71 bits per heavy atom. The summed E-state index contributed by atoms with van der Waals surface area (Å²) in [4.78, 5) is 12.1. The molecule has 0 bridgehead atoms. The Morgan fingerprint density at radius 1 is 1.47 bits per heavy atom. The average Bonchev–Trinajstić information content (AvgIpc) is 2.35. The lowest BCUT2D eigenvalue weighted by Crippen LogP contribution is -2.15. The van der Waals surface area contributed by atoms with Crippen molar-refractivity contribution in [2.45, 2.75) is 20.3 Å². The van der Waals surface area contributed by atoms with Crippen molar-refractivity contribution in [3.63, 3.8) is 0 Å². The van der Waals surface area contributed by atoms with Gasteiger partial charge in [0, 0.05) is 5.56 Å². The molecule has 90 valence electrons. The third kappa shape index (κ3) is 3.60. The topological polar surface area (TPSA) is 50.1 Å². The first-order chi connectivity index (χ1) is 8.08. The summed E-state index contributed by atoms with van der Waals surface area (Å²) in [5.74, 6) is 0.272. The van der Waals surface area contributed by atoms with Gasteiger partial charge in [0.25, 0.3) is 0 Å². The quantitative estimate of drug-likeness (QED) is 0.732. The van der Waals surface area contributed by atoms with Gasteiger partial charge in [-0.25, -0.2) is 0 Å². The van der Waals surface area contributed by atoms with Crippen LogP contribution in [0.5, 0.6) is 5.75 Å². The van der Waals surface area contributed by atoms with E-state index in [4.69, 9.17) is 10.00 Å². The molecule has 1 unspecified atom stereocenters. The highest BCUT2D eigenvalue weighted by atomic mass is 16.5. The molecule has 0 spiro atoms. The predicted molar refractivity (Wildman–Crippen MR) is 65.9 cm³/mol. The SMILES string of the molecule is COc1cccc(C(=O)C(C#N)CC(C)C)c1. The highest BCUT2D eigenvalue weighted by Crippen LogP contribution is 2.20. The van der Waals surface area contributed by atoms with Crippen molar-refractivity contribution in [2.75, 3.05) is 7.11 Å². The fourth-order valence-corrected chi connectivity index (χ4v) is 1.67. The van der Waals surface area contributed by atoms with E-state index < -0.39 is 5.92 Å². The van der Waals surface area contributed by atoms with E-state index in [0.29, 0.717) is 23.7 Å². The van der Waals surface area contributed by atoms with E-state index in [9.17, 15) is 4.79 Å². The molecule has 17 heavy (non-hydrogen) atoms. The summed E-state index contributed by atoms with van der Waals surface area (Å²) in [6.45, 7) is 4.01. The molecule has 1 aromatic rings. The highest BCUT2D eigenvalue weighted by molar-refractivity contribution is 5.99. The number of ketones is 1. The minimum Gasteiger partial charge on any atom is -0.497 e. The molecular formula is C14H17NO2. The third-order valence-electron chi connectivity index (χ3n) is 2.53. The number of carbonyl (C=O) groups excluding carboxylic acids is 1. The lowest BCUT2D eigenvalue weighted by Gasteiger charge is -2.11. The van der Waals surface area contributed by atoms with Crippen molar-refractivity contribution >= 4 is 5.78 Å². The lowest BCUT2D eigenvalue weighted by atomic mass is 9.91. The molecule has 0 heterocycles. The van der Waals surface area contributed by atoms with Crippen LogP contribution in [0, 0.1) is 23.2 Å². The molecule has 0 amide bonds. The van der Waals surface area contributed by atoms with Crippen LogP contribution >= 0.6 is 0 Å². The van der Waals surface area contributed by atoms with Crippen molar-refractivity contribution in [1.82, 2.24) is 0 Å². The molecule has 1 atom stereocenters. The largest absolute Gasteiger partial charge is 0.497 e. The van der Waals surface area contributed by atoms with Gasteiger partial charge in [-0.15, -0.1) is 0 Å². The van der Waals surface area contributed by atoms with Crippen LogP contribution in [0.25, 0.3) is 0 Å². The van der Waals surface area contributed by atoms with Crippen LogP contribution in [0.4, 0.5) is 0 Å². The summed E-state index contributed by atoms with van der Waals surface area (Å²) in [5, 5.41) is 9.03. The van der Waals surface area contributed by atoms with Gasteiger partial charge in [-0.2, -0.15) is 5.26 Å². The molecule has 0 aliphatic heterocycles. The molecule has 0 saturated carbocycles. The summed E-state index contributed by atoms with van der Waals surface area (Å²) in [7, 11) is 1.56. The summed E-state index contributed by atoms with van der Waals surface area (Å²) >= 11 is 0. The van der Waals surface area contributed by atoms with Crippen LogP contribution in [-0.4, -0.2) is 12.9 Å². The Kier molecular flexibility index (Phi) is 4.71. The normalized spacial score (nSPS) is 11.9. The Hall–Kier alpha value is -1.82. The van der Waals surface area contributed by atoms with E-state index in [-0.39, 0.29) is 5.78 Å². The highest BCUT2D eigenvalue weighted by Gasteiger charge is 2.20. The number of hydrogen-bond donors (Lipinski definition) is 0. The van der Waals surface area contributed by atoms with E-state index in [2.05, 4.69) is 6.07 Å². The van der Waals surface area contributed by atoms with Gasteiger partial charge in [-0.05, 0) is 24.5 Å². The molecule has 1 rings (SSSR count). The predicted octanol–water partition coefficient (Wildman–Crippen LogP) is 3.06. The maximum absolute atomic E-state index is 12.1. The molecule has 3 nitrogen and oxygen atoms in total. The van der Waals surface area contributed by atoms with E-state index in [1.54, 1.807) is 31.4 Å². The molecule has 0 saturated heterocycles. The number of nitrogens with zero attached hydrogens (tertiary/aromatic N) is 1. The first kappa shape index (κ1) is 13.2. The second-order valence-corrected chi connectivity index (χ2v) is 4.41. The second kappa shape index (κ2) is 6.05. The first-order valence-corrected chi connectivity index (χ1v) is 5.66. The van der Waals surface area contributed by atoms with Gasteiger partial charge in [-0.3, -0.25) is 4.79 Å². The maximum atomic E-state index is 12.1. The molecular weight excluding hydrogens is 214 g/mol. The number of methoxy groups -OCH3 is 1. The summed E-state index contributed by atoms with van der Waals surface area (Å²) in [6, 6.07) is 9.01. The number of Topliss-reactive ketones (excluding diaryl/α,β-unsaturated/α-hetero) is 1. The summed E-state index contributed by atoms with van der Waals surface area (Å²) < 4.78 is 5.06. The van der Waals surface area contributed by atoms with Crippen molar-refractivity contribution < 1.29 is 9.53 Å². The first-order valence-electron chi connectivity index (χ1n) is 5.66. The van der Waals surface area contributed by atoms with Crippen molar-refractivity contribution in [3.05, 3.63) is 29.8 Å². The monoisotopic (exact) mass is 231 g/mol. The van der Waals surface area contributed by atoms with E-state index in [0.717, 1.165) is 0 Å². The Labute approximate surface area is 102 Å². The molecule has 0 radical (unpaired) electrons. The van der Waals surface area contributed by atoms with Crippen molar-refractivity contribution in [3.8, 4) is 11.8 Å². The molecule has 3 heteroatoms. The van der Waals surface area contributed by atoms with E-state index >= 15 is 0 Å². The summed E-state index contributed by atoms with van der Waals surface area (Å²) in [5.41, 5.74) is 0.538. The smallest absolute Gasteiger partial charge is 0.180 e. The number of ether oxygens (including phenoxy) is 1. The minimum atomic E-state index is -0.567. The van der Waals surface area contributed by atoms with Gasteiger partial charge in [-0.1, -0.05) is 26.0 Å². The van der Waals surface area contributed by atoms with E-state index in [1.807, 2.05) is 13.8 Å². The van der Waals surface area contributed by atoms with Crippen LogP contribution < -0.4 is 4.74 Å². The molecule has 1 aromatic carbocycles. The number of carbonyl (C=O) groups is 1. The molecule has 0 aromatic heterocycles. The summed E-state index contributed by atoms with van der Waals surface area (Å²) in [6.07, 6.45) is 0.590. The standard InChI is InChI=1S/C14H17NO2/c1-10(2)7-12(9-15)14(16)11-5-4-6-13(8-11)17-3/h4-6,8,10,12H,7H2,1-3H3. The molecule has 0 aliphatic rings. The van der Waals surface area contributed by atoms with Crippen LogP contribution in [0.2, 0.25) is 0 Å². The van der Waals surface area contributed by atoms with Crippen LogP contribution in [0.15, 0.2) is 24.3 Å². The number of hydrogen-bond acceptors (Lipinski definition) is 3.